The highest BCUT2D eigenvalue weighted by Crippen LogP contribution is 2.24. The van der Waals surface area contributed by atoms with E-state index in [0.717, 1.165) is 28.5 Å². The van der Waals surface area contributed by atoms with Crippen molar-refractivity contribution in [2.45, 2.75) is 27.2 Å². The highest BCUT2D eigenvalue weighted by atomic mass is 32.1. The number of nitrogens with one attached hydrogen (secondary N) is 1. The van der Waals surface area contributed by atoms with Crippen LogP contribution < -0.4 is 5.43 Å². The first-order chi connectivity index (χ1) is 9.15. The Hall–Kier alpha value is -1.68. The Morgan fingerprint density at radius 3 is 2.74 bits per heavy atom. The molecule has 0 aliphatic rings. The first kappa shape index (κ1) is 13.7. The summed E-state index contributed by atoms with van der Waals surface area (Å²) in [5.74, 6) is 0.627. The van der Waals surface area contributed by atoms with Crippen LogP contribution in [0.15, 0.2) is 40.8 Å². The third kappa shape index (κ3) is 4.17. The number of hydrogen-bond donors (Lipinski definition) is 1. The molecular weight excluding hydrogens is 254 g/mol. The molecule has 0 fully saturated rings. The third-order valence-corrected chi connectivity index (χ3v) is 3.37. The van der Waals surface area contributed by atoms with Crippen LogP contribution in [0.4, 0.5) is 5.13 Å². The van der Waals surface area contributed by atoms with Gasteiger partial charge in [-0.1, -0.05) is 44.2 Å². The van der Waals surface area contributed by atoms with Gasteiger partial charge in [0.1, 0.15) is 0 Å². The maximum absolute atomic E-state index is 4.53. The number of nitrogens with zero attached hydrogens (tertiary/aromatic N) is 2. The number of thiazole rings is 1. The van der Waals surface area contributed by atoms with Gasteiger partial charge in [-0.05, 0) is 19.3 Å². The Labute approximate surface area is 118 Å². The zero-order valence-electron chi connectivity index (χ0n) is 11.6. The van der Waals surface area contributed by atoms with Gasteiger partial charge < -0.3 is 0 Å². The summed E-state index contributed by atoms with van der Waals surface area (Å²) in [6.45, 7) is 6.42. The summed E-state index contributed by atoms with van der Waals surface area (Å²) in [6.07, 6.45) is 1.00. The van der Waals surface area contributed by atoms with E-state index in [4.69, 9.17) is 0 Å². The number of hydrazone groups is 1. The maximum atomic E-state index is 4.53. The number of hydrogen-bond acceptors (Lipinski definition) is 4. The zero-order chi connectivity index (χ0) is 13.7. The summed E-state index contributed by atoms with van der Waals surface area (Å²) in [4.78, 5) is 4.53. The van der Waals surface area contributed by atoms with Gasteiger partial charge in [-0.25, -0.2) is 4.98 Å². The zero-order valence-corrected chi connectivity index (χ0v) is 12.4. The number of anilines is 1. The molecule has 0 saturated carbocycles. The second-order valence-corrected chi connectivity index (χ2v) is 5.82. The van der Waals surface area contributed by atoms with Gasteiger partial charge in [-0.2, -0.15) is 5.10 Å². The molecule has 19 heavy (non-hydrogen) atoms. The Morgan fingerprint density at radius 2 is 2.05 bits per heavy atom. The molecule has 0 amide bonds. The second kappa shape index (κ2) is 6.48. The molecule has 1 aromatic carbocycles. The minimum Gasteiger partial charge on any atom is -0.253 e. The molecule has 1 N–H and O–H groups in total. The summed E-state index contributed by atoms with van der Waals surface area (Å²) >= 11 is 1.58. The standard InChI is InChI=1S/C15H19N3S/c1-11(2)9-12(3)17-18-15-16-14(10-19-15)13-7-5-4-6-8-13/h4-8,10-11H,9H2,1-3H3,(H,16,18). The van der Waals surface area contributed by atoms with Crippen LogP contribution in [0.3, 0.4) is 0 Å². The lowest BCUT2D eigenvalue weighted by Gasteiger charge is -2.03. The van der Waals surface area contributed by atoms with Gasteiger partial charge in [0.2, 0.25) is 5.13 Å². The van der Waals surface area contributed by atoms with Crippen LogP contribution >= 0.6 is 11.3 Å². The third-order valence-electron chi connectivity index (χ3n) is 2.62. The molecule has 0 radical (unpaired) electrons. The smallest absolute Gasteiger partial charge is 0.203 e. The van der Waals surface area contributed by atoms with Gasteiger partial charge in [0.05, 0.1) is 5.69 Å². The van der Waals surface area contributed by atoms with Crippen LogP contribution in [0.1, 0.15) is 27.2 Å². The molecule has 0 aliphatic heterocycles. The fourth-order valence-electron chi connectivity index (χ4n) is 1.85. The molecular formula is C15H19N3S. The van der Waals surface area contributed by atoms with Gasteiger partial charge in [-0.3, -0.25) is 5.43 Å². The quantitative estimate of drug-likeness (QED) is 0.636. The van der Waals surface area contributed by atoms with Crippen LogP contribution in [0.5, 0.6) is 0 Å². The number of rotatable bonds is 5. The maximum Gasteiger partial charge on any atom is 0.203 e. The average Bonchev–Trinajstić information content (AvgIpc) is 2.85. The van der Waals surface area contributed by atoms with Gasteiger partial charge in [-0.15, -0.1) is 11.3 Å². The fraction of sp³-hybridized carbons (Fsp3) is 0.333. The SMILES string of the molecule is CC(CC(C)C)=NNc1nc(-c2ccccc2)cs1. The predicted octanol–water partition coefficient (Wildman–Crippen LogP) is 4.64. The Balaban J connectivity index is 2.02. The first-order valence-electron chi connectivity index (χ1n) is 6.45. The lowest BCUT2D eigenvalue weighted by molar-refractivity contribution is 0.682. The molecule has 0 bridgehead atoms. The van der Waals surface area contributed by atoms with Crippen molar-refractivity contribution >= 4 is 22.2 Å². The second-order valence-electron chi connectivity index (χ2n) is 4.96. The Kier molecular flexibility index (Phi) is 4.68. The molecule has 1 aromatic heterocycles. The van der Waals surface area contributed by atoms with Gasteiger partial charge >= 0.3 is 0 Å². The van der Waals surface area contributed by atoms with Crippen LogP contribution in [-0.2, 0) is 0 Å². The van der Waals surface area contributed by atoms with E-state index in [1.54, 1.807) is 11.3 Å². The van der Waals surface area contributed by atoms with E-state index in [2.05, 4.69) is 41.5 Å². The van der Waals surface area contributed by atoms with Gasteiger partial charge in [0.25, 0.3) is 0 Å². The van der Waals surface area contributed by atoms with Crippen LogP contribution in [0.25, 0.3) is 11.3 Å². The average molecular weight is 273 g/mol. The minimum absolute atomic E-state index is 0.627. The number of benzene rings is 1. The Bertz CT molecular complexity index is 544. The first-order valence-corrected chi connectivity index (χ1v) is 7.33. The summed E-state index contributed by atoms with van der Waals surface area (Å²) in [7, 11) is 0. The summed E-state index contributed by atoms with van der Waals surface area (Å²) in [5, 5.41) is 7.24. The van der Waals surface area contributed by atoms with Crippen molar-refractivity contribution < 1.29 is 0 Å². The van der Waals surface area contributed by atoms with Crippen molar-refractivity contribution in [2.24, 2.45) is 11.0 Å². The molecule has 0 atom stereocenters. The normalized spacial score (nSPS) is 11.9. The van der Waals surface area contributed by atoms with Crippen LogP contribution in [0, 0.1) is 5.92 Å². The highest BCUT2D eigenvalue weighted by molar-refractivity contribution is 7.14. The molecule has 3 nitrogen and oxygen atoms in total. The molecule has 1 heterocycles. The highest BCUT2D eigenvalue weighted by Gasteiger charge is 2.03. The van der Waals surface area contributed by atoms with E-state index in [-0.39, 0.29) is 0 Å². The summed E-state index contributed by atoms with van der Waals surface area (Å²) < 4.78 is 0. The summed E-state index contributed by atoms with van der Waals surface area (Å²) in [5.41, 5.74) is 6.26. The molecule has 0 unspecified atom stereocenters. The lowest BCUT2D eigenvalue weighted by Crippen LogP contribution is -2.01. The van der Waals surface area contributed by atoms with E-state index in [9.17, 15) is 0 Å². The van der Waals surface area contributed by atoms with E-state index >= 15 is 0 Å². The molecule has 0 aliphatic carbocycles. The largest absolute Gasteiger partial charge is 0.253 e. The van der Waals surface area contributed by atoms with Gasteiger partial charge in [0.15, 0.2) is 0 Å². The lowest BCUT2D eigenvalue weighted by atomic mass is 10.1. The van der Waals surface area contributed by atoms with Crippen molar-refractivity contribution in [2.75, 3.05) is 5.43 Å². The van der Waals surface area contributed by atoms with E-state index in [1.807, 2.05) is 30.5 Å². The molecule has 4 heteroatoms. The molecule has 2 aromatic rings. The van der Waals surface area contributed by atoms with Crippen LogP contribution in [0.2, 0.25) is 0 Å². The molecule has 100 valence electrons. The van der Waals surface area contributed by atoms with Crippen LogP contribution in [-0.4, -0.2) is 10.7 Å². The van der Waals surface area contributed by atoms with E-state index in [0.29, 0.717) is 5.92 Å². The fourth-order valence-corrected chi connectivity index (χ4v) is 2.51. The van der Waals surface area contributed by atoms with Crippen molar-refractivity contribution in [3.8, 4) is 11.3 Å². The molecule has 2 rings (SSSR count). The Morgan fingerprint density at radius 1 is 1.32 bits per heavy atom. The monoisotopic (exact) mass is 273 g/mol. The molecule has 0 spiro atoms. The van der Waals surface area contributed by atoms with E-state index < -0.39 is 0 Å². The van der Waals surface area contributed by atoms with E-state index in [1.165, 1.54) is 0 Å². The number of aromatic nitrogens is 1. The van der Waals surface area contributed by atoms with Crippen molar-refractivity contribution in [3.63, 3.8) is 0 Å². The molecule has 0 saturated heterocycles. The summed E-state index contributed by atoms with van der Waals surface area (Å²) in [6, 6.07) is 10.2. The predicted molar refractivity (Wildman–Crippen MR) is 83.7 cm³/mol. The topological polar surface area (TPSA) is 37.3 Å². The van der Waals surface area contributed by atoms with Gasteiger partial charge in [0, 0.05) is 16.7 Å². The minimum atomic E-state index is 0.627. The van der Waals surface area contributed by atoms with Crippen molar-refractivity contribution in [1.29, 1.82) is 0 Å². The van der Waals surface area contributed by atoms with Crippen molar-refractivity contribution in [1.82, 2.24) is 4.98 Å². The van der Waals surface area contributed by atoms with Crippen molar-refractivity contribution in [3.05, 3.63) is 35.7 Å².